The molecule has 0 bridgehead atoms. The fourth-order valence-corrected chi connectivity index (χ4v) is 3.58. The number of aliphatic hydroxyl groups excluding tert-OH is 1. The molecule has 2 N–H and O–H groups in total. The molecule has 2 aromatic carbocycles. The minimum absolute atomic E-state index is 0.0892. The fourth-order valence-electron chi connectivity index (χ4n) is 3.05. The number of alkyl halides is 3. The fraction of sp³-hybridized carbons (Fsp3) is 0.111. The number of allylic oxidation sites excluding steroid dienone is 1. The second-order valence-corrected chi connectivity index (χ2v) is 6.74. The average molecular weight is 424 g/mol. The normalized spacial score (nSPS) is 17.0. The topological polar surface area (TPSA) is 38.7 Å². The summed E-state index contributed by atoms with van der Waals surface area (Å²) in [5, 5.41) is 13.8. The van der Waals surface area contributed by atoms with E-state index in [4.69, 9.17) is 0 Å². The van der Waals surface area contributed by atoms with Crippen LogP contribution in [0.3, 0.4) is 0 Å². The van der Waals surface area contributed by atoms with Gasteiger partial charge in [0.25, 0.3) is 0 Å². The van der Waals surface area contributed by atoms with Gasteiger partial charge >= 0.3 is 6.18 Å². The average Bonchev–Trinajstić information content (AvgIpc) is 2.97. The van der Waals surface area contributed by atoms with Crippen molar-refractivity contribution < 1.29 is 18.3 Å². The Hall–Kier alpha value is -2.45. The van der Waals surface area contributed by atoms with E-state index in [1.54, 1.807) is 5.01 Å². The van der Waals surface area contributed by atoms with E-state index in [2.05, 4.69) is 21.5 Å². The van der Waals surface area contributed by atoms with Crippen LogP contribution in [0.1, 0.15) is 18.1 Å². The Morgan fingerprint density at radius 1 is 1.00 bits per heavy atom. The van der Waals surface area contributed by atoms with Crippen molar-refractivity contribution in [2.75, 3.05) is 10.0 Å². The quantitative estimate of drug-likeness (QED) is 0.650. The molecule has 0 saturated carbocycles. The lowest BCUT2D eigenvalue weighted by molar-refractivity contribution is -0.137. The molecule has 2 aromatic rings. The van der Waals surface area contributed by atoms with Crippen LogP contribution in [0, 0.1) is 0 Å². The highest BCUT2D eigenvalue weighted by molar-refractivity contribution is 9.15. The molecule has 2 aliphatic heterocycles. The minimum Gasteiger partial charge on any atom is -0.492 e. The van der Waals surface area contributed by atoms with Gasteiger partial charge in [0.05, 0.1) is 16.9 Å². The molecule has 0 spiro atoms. The van der Waals surface area contributed by atoms with Crippen molar-refractivity contribution in [1.29, 1.82) is 0 Å². The minimum atomic E-state index is -4.40. The Morgan fingerprint density at radius 3 is 2.31 bits per heavy atom. The Morgan fingerprint density at radius 2 is 1.65 bits per heavy atom. The third kappa shape index (κ3) is 2.48. The van der Waals surface area contributed by atoms with Gasteiger partial charge in [-0.2, -0.15) is 13.2 Å². The SMILES string of the molecule is CC1=C(Br)c2ccccc2N2NN(c3ccc(C(F)(F)F)cc3)C(O)=C12. The predicted molar refractivity (Wildman–Crippen MR) is 97.2 cm³/mol. The molecule has 0 fully saturated rings. The maximum absolute atomic E-state index is 12.8. The van der Waals surface area contributed by atoms with Gasteiger partial charge in [-0.05, 0) is 58.8 Å². The number of aliphatic hydroxyl groups is 1. The van der Waals surface area contributed by atoms with Crippen LogP contribution in [0.25, 0.3) is 4.48 Å². The highest BCUT2D eigenvalue weighted by atomic mass is 79.9. The lowest BCUT2D eigenvalue weighted by atomic mass is 10.0. The molecule has 0 atom stereocenters. The molecule has 0 aliphatic carbocycles. The molecule has 4 nitrogen and oxygen atoms in total. The molecule has 8 heteroatoms. The number of nitrogens with zero attached hydrogens (tertiary/aromatic N) is 2. The predicted octanol–water partition coefficient (Wildman–Crippen LogP) is 5.32. The molecule has 0 amide bonds. The number of hydrogen-bond donors (Lipinski definition) is 2. The monoisotopic (exact) mass is 423 g/mol. The van der Waals surface area contributed by atoms with Gasteiger partial charge in [-0.15, -0.1) is 5.53 Å². The lowest BCUT2D eigenvalue weighted by Gasteiger charge is -2.30. The molecule has 0 aromatic heterocycles. The van der Waals surface area contributed by atoms with Gasteiger partial charge in [-0.3, -0.25) is 5.01 Å². The second-order valence-electron chi connectivity index (χ2n) is 5.94. The number of nitrogens with one attached hydrogen (secondary N) is 1. The van der Waals surface area contributed by atoms with Gasteiger partial charge in [0.15, 0.2) is 0 Å². The van der Waals surface area contributed by atoms with Crippen molar-refractivity contribution in [2.45, 2.75) is 13.1 Å². The number of para-hydroxylation sites is 1. The Bertz CT molecular complexity index is 951. The van der Waals surface area contributed by atoms with E-state index >= 15 is 0 Å². The highest BCUT2D eigenvalue weighted by Gasteiger charge is 2.37. The third-order valence-corrected chi connectivity index (χ3v) is 5.39. The second kappa shape index (κ2) is 5.78. The number of rotatable bonds is 1. The number of hydrogen-bond acceptors (Lipinski definition) is 4. The molecular weight excluding hydrogens is 411 g/mol. The molecule has 2 heterocycles. The van der Waals surface area contributed by atoms with Crippen molar-refractivity contribution in [3.05, 3.63) is 76.8 Å². The van der Waals surface area contributed by atoms with Gasteiger partial charge in [0.1, 0.15) is 5.70 Å². The summed E-state index contributed by atoms with van der Waals surface area (Å²) in [5.74, 6) is -0.0892. The summed E-state index contributed by atoms with van der Waals surface area (Å²) in [5.41, 5.74) is 5.79. The first-order valence-corrected chi connectivity index (χ1v) is 8.51. The Kier molecular flexibility index (Phi) is 3.78. The highest BCUT2D eigenvalue weighted by Crippen LogP contribution is 2.45. The van der Waals surface area contributed by atoms with Gasteiger partial charge in [-0.1, -0.05) is 18.2 Å². The zero-order valence-electron chi connectivity index (χ0n) is 13.5. The summed E-state index contributed by atoms with van der Waals surface area (Å²) in [4.78, 5) is 0. The number of benzene rings is 2. The van der Waals surface area contributed by atoms with Crippen molar-refractivity contribution in [3.63, 3.8) is 0 Å². The van der Waals surface area contributed by atoms with Crippen LogP contribution in [-0.4, -0.2) is 5.11 Å². The summed E-state index contributed by atoms with van der Waals surface area (Å²) >= 11 is 3.56. The summed E-state index contributed by atoms with van der Waals surface area (Å²) < 4.78 is 39.2. The molecule has 0 radical (unpaired) electrons. The van der Waals surface area contributed by atoms with E-state index in [0.717, 1.165) is 33.4 Å². The molecule has 26 heavy (non-hydrogen) atoms. The van der Waals surface area contributed by atoms with E-state index in [1.165, 1.54) is 17.1 Å². The first-order chi connectivity index (χ1) is 12.3. The van der Waals surface area contributed by atoms with Crippen LogP contribution in [0.2, 0.25) is 0 Å². The third-order valence-electron chi connectivity index (χ3n) is 4.37. The van der Waals surface area contributed by atoms with E-state index in [-0.39, 0.29) is 5.88 Å². The van der Waals surface area contributed by atoms with E-state index in [9.17, 15) is 18.3 Å². The first kappa shape index (κ1) is 17.0. The van der Waals surface area contributed by atoms with Crippen molar-refractivity contribution in [1.82, 2.24) is 5.53 Å². The smallest absolute Gasteiger partial charge is 0.416 e. The number of fused-ring (bicyclic) bond motifs is 3. The largest absolute Gasteiger partial charge is 0.492 e. The summed E-state index contributed by atoms with van der Waals surface area (Å²) in [6, 6.07) is 12.2. The molecule has 4 rings (SSSR count). The van der Waals surface area contributed by atoms with Gasteiger partial charge < -0.3 is 5.11 Å². The number of halogens is 4. The van der Waals surface area contributed by atoms with Crippen molar-refractivity contribution in [2.24, 2.45) is 0 Å². The zero-order chi connectivity index (χ0) is 18.6. The molecule has 0 unspecified atom stereocenters. The molecule has 0 saturated heterocycles. The summed E-state index contributed by atoms with van der Waals surface area (Å²) in [6.45, 7) is 1.86. The number of anilines is 2. The van der Waals surface area contributed by atoms with Gasteiger partial charge in [-0.25, -0.2) is 5.01 Å². The maximum atomic E-state index is 12.8. The Balaban J connectivity index is 1.77. The van der Waals surface area contributed by atoms with Crippen LogP contribution in [-0.2, 0) is 6.18 Å². The van der Waals surface area contributed by atoms with Crippen LogP contribution >= 0.6 is 15.9 Å². The van der Waals surface area contributed by atoms with Crippen molar-refractivity contribution >= 4 is 31.8 Å². The van der Waals surface area contributed by atoms with Crippen molar-refractivity contribution in [3.8, 4) is 0 Å². The maximum Gasteiger partial charge on any atom is 0.416 e. The molecule has 2 aliphatic rings. The Labute approximate surface area is 155 Å². The first-order valence-electron chi connectivity index (χ1n) is 7.72. The van der Waals surface area contributed by atoms with E-state index in [1.807, 2.05) is 31.2 Å². The zero-order valence-corrected chi connectivity index (χ0v) is 15.1. The van der Waals surface area contributed by atoms with Crippen LogP contribution in [0.5, 0.6) is 0 Å². The van der Waals surface area contributed by atoms with Crippen LogP contribution in [0.15, 0.2) is 65.7 Å². The van der Waals surface area contributed by atoms with Gasteiger partial charge in [0.2, 0.25) is 5.88 Å². The van der Waals surface area contributed by atoms with E-state index < -0.39 is 11.7 Å². The van der Waals surface area contributed by atoms with Crippen LogP contribution < -0.4 is 15.6 Å². The summed E-state index contributed by atoms with van der Waals surface area (Å²) in [6.07, 6.45) is -4.40. The lowest BCUT2D eigenvalue weighted by Crippen LogP contribution is -2.42. The summed E-state index contributed by atoms with van der Waals surface area (Å²) in [7, 11) is 0. The van der Waals surface area contributed by atoms with E-state index in [0.29, 0.717) is 11.4 Å². The molecule has 134 valence electrons. The van der Waals surface area contributed by atoms with Gasteiger partial charge in [0, 0.05) is 10.0 Å². The van der Waals surface area contributed by atoms with Crippen LogP contribution in [0.4, 0.5) is 24.5 Å². The molecular formula is C18H13BrF3N3O. The standard InChI is InChI=1S/C18H13BrF3N3O/c1-10-15(19)13-4-2-3-5-14(13)25-16(10)17(26)24(23-25)12-8-6-11(7-9-12)18(20,21)22/h2-9,23,26H,1H3. The number of hydrazine groups is 2.